The molecule has 0 aliphatic carbocycles. The zero-order valence-electron chi connectivity index (χ0n) is 8.05. The molecule has 1 fully saturated rings. The zero-order chi connectivity index (χ0) is 10.7. The van der Waals surface area contributed by atoms with Gasteiger partial charge in [0.2, 0.25) is 0 Å². The Morgan fingerprint density at radius 2 is 2.47 bits per heavy atom. The van der Waals surface area contributed by atoms with Gasteiger partial charge in [-0.2, -0.15) is 11.8 Å². The normalized spacial score (nSPS) is 25.3. The van der Waals surface area contributed by atoms with Gasteiger partial charge in [-0.05, 0) is 24.3 Å². The molecule has 0 spiro atoms. The van der Waals surface area contributed by atoms with Gasteiger partial charge in [-0.3, -0.25) is 4.79 Å². The smallest absolute Gasteiger partial charge is 0.321 e. The lowest BCUT2D eigenvalue weighted by Crippen LogP contribution is -2.34. The Morgan fingerprint density at radius 1 is 1.60 bits per heavy atom. The number of thioether (sulfide) groups is 2. The first kappa shape index (κ1) is 10.8. The highest BCUT2D eigenvalue weighted by Crippen LogP contribution is 2.42. The van der Waals surface area contributed by atoms with E-state index in [1.165, 1.54) is 11.8 Å². The Bertz CT molecular complexity index is 350. The van der Waals surface area contributed by atoms with Gasteiger partial charge in [0.1, 0.15) is 4.75 Å². The van der Waals surface area contributed by atoms with Crippen molar-refractivity contribution in [2.24, 2.45) is 0 Å². The van der Waals surface area contributed by atoms with Crippen molar-refractivity contribution in [1.29, 1.82) is 0 Å². The summed E-state index contributed by atoms with van der Waals surface area (Å²) in [5.41, 5.74) is 0. The lowest BCUT2D eigenvalue weighted by atomic mass is 10.1. The Balaban J connectivity index is 2.18. The maximum Gasteiger partial charge on any atom is 0.321 e. The average Bonchev–Trinajstić information content (AvgIpc) is 2.69. The van der Waals surface area contributed by atoms with Crippen molar-refractivity contribution in [1.82, 2.24) is 4.98 Å². The maximum atomic E-state index is 11.3. The van der Waals surface area contributed by atoms with Crippen LogP contribution in [0.2, 0.25) is 0 Å². The van der Waals surface area contributed by atoms with Crippen LogP contribution in [0, 0.1) is 0 Å². The molecule has 1 aromatic heterocycles. The molecule has 0 radical (unpaired) electrons. The molecule has 1 aromatic rings. The molecular weight excluding hydrogens is 230 g/mol. The van der Waals surface area contributed by atoms with Gasteiger partial charge < -0.3 is 5.11 Å². The number of carboxylic acid groups (broad SMARTS) is 1. The topological polar surface area (TPSA) is 50.2 Å². The number of carbonyl (C=O) groups is 1. The van der Waals surface area contributed by atoms with Crippen LogP contribution in [0.25, 0.3) is 0 Å². The predicted molar refractivity (Wildman–Crippen MR) is 62.4 cm³/mol. The number of pyridine rings is 1. The molecule has 3 nitrogen and oxygen atoms in total. The van der Waals surface area contributed by atoms with Gasteiger partial charge in [0.25, 0.3) is 0 Å². The van der Waals surface area contributed by atoms with E-state index in [1.807, 2.05) is 18.2 Å². The van der Waals surface area contributed by atoms with Crippen LogP contribution in [-0.4, -0.2) is 32.3 Å². The summed E-state index contributed by atoms with van der Waals surface area (Å²) in [6, 6.07) is 5.58. The number of hydrogen-bond donors (Lipinski definition) is 1. The number of nitrogens with zero attached hydrogens (tertiary/aromatic N) is 1. The molecule has 80 valence electrons. The summed E-state index contributed by atoms with van der Waals surface area (Å²) >= 11 is 3.07. The average molecular weight is 241 g/mol. The van der Waals surface area contributed by atoms with Crippen molar-refractivity contribution in [3.8, 4) is 0 Å². The van der Waals surface area contributed by atoms with Crippen LogP contribution in [0.15, 0.2) is 29.4 Å². The van der Waals surface area contributed by atoms with Crippen LogP contribution in [0.4, 0.5) is 0 Å². The van der Waals surface area contributed by atoms with E-state index in [2.05, 4.69) is 4.98 Å². The second-order valence-electron chi connectivity index (χ2n) is 3.37. The largest absolute Gasteiger partial charge is 0.480 e. The summed E-state index contributed by atoms with van der Waals surface area (Å²) in [5, 5.41) is 10.1. The number of rotatable bonds is 3. The van der Waals surface area contributed by atoms with E-state index < -0.39 is 10.7 Å². The third-order valence-corrected chi connectivity index (χ3v) is 5.05. The van der Waals surface area contributed by atoms with Crippen molar-refractivity contribution >= 4 is 29.5 Å². The first-order valence-electron chi connectivity index (χ1n) is 4.64. The molecule has 5 heteroatoms. The Hall–Kier alpha value is -0.680. The molecule has 0 bridgehead atoms. The summed E-state index contributed by atoms with van der Waals surface area (Å²) in [6.45, 7) is 0. The van der Waals surface area contributed by atoms with Gasteiger partial charge in [-0.1, -0.05) is 17.8 Å². The molecular formula is C10H11NO2S2. The monoisotopic (exact) mass is 241 g/mol. The quantitative estimate of drug-likeness (QED) is 0.878. The highest BCUT2D eigenvalue weighted by atomic mass is 32.2. The molecule has 0 amide bonds. The van der Waals surface area contributed by atoms with Crippen molar-refractivity contribution in [2.75, 3.05) is 11.5 Å². The third kappa shape index (κ3) is 2.29. The number of carboxylic acids is 1. The second kappa shape index (κ2) is 4.45. The van der Waals surface area contributed by atoms with Crippen LogP contribution in [0.3, 0.4) is 0 Å². The zero-order valence-corrected chi connectivity index (χ0v) is 9.68. The van der Waals surface area contributed by atoms with Crippen LogP contribution >= 0.6 is 23.5 Å². The summed E-state index contributed by atoms with van der Waals surface area (Å²) in [5.74, 6) is 0.874. The lowest BCUT2D eigenvalue weighted by molar-refractivity contribution is -0.139. The molecule has 1 aliphatic heterocycles. The summed E-state index contributed by atoms with van der Waals surface area (Å²) in [7, 11) is 0. The van der Waals surface area contributed by atoms with Crippen LogP contribution < -0.4 is 0 Å². The van der Waals surface area contributed by atoms with Gasteiger partial charge in [0.05, 0.1) is 5.03 Å². The predicted octanol–water partition coefficient (Wildman–Crippen LogP) is 2.13. The standard InChI is InChI=1S/C10H11NO2S2/c12-9(13)10(4-6-14-7-10)15-8-3-1-2-5-11-8/h1-3,5H,4,6-7H2,(H,12,13). The van der Waals surface area contributed by atoms with E-state index in [1.54, 1.807) is 18.0 Å². The lowest BCUT2D eigenvalue weighted by Gasteiger charge is -2.21. The molecule has 1 saturated heterocycles. The van der Waals surface area contributed by atoms with E-state index in [-0.39, 0.29) is 0 Å². The fourth-order valence-corrected chi connectivity index (χ4v) is 4.25. The first-order chi connectivity index (χ1) is 7.23. The summed E-state index contributed by atoms with van der Waals surface area (Å²) in [6.07, 6.45) is 2.41. The fourth-order valence-electron chi connectivity index (χ4n) is 1.45. The van der Waals surface area contributed by atoms with Gasteiger partial charge in [0, 0.05) is 11.9 Å². The second-order valence-corrected chi connectivity index (χ2v) is 5.88. The molecule has 1 atom stereocenters. The Morgan fingerprint density at radius 3 is 3.00 bits per heavy atom. The highest BCUT2D eigenvalue weighted by molar-refractivity contribution is 8.05. The first-order valence-corrected chi connectivity index (χ1v) is 6.61. The summed E-state index contributed by atoms with van der Waals surface area (Å²) in [4.78, 5) is 15.4. The van der Waals surface area contributed by atoms with E-state index in [0.29, 0.717) is 12.2 Å². The van der Waals surface area contributed by atoms with E-state index >= 15 is 0 Å². The molecule has 1 aliphatic rings. The van der Waals surface area contributed by atoms with E-state index in [9.17, 15) is 9.90 Å². The van der Waals surface area contributed by atoms with Crippen molar-refractivity contribution in [2.45, 2.75) is 16.2 Å². The maximum absolute atomic E-state index is 11.3. The van der Waals surface area contributed by atoms with Gasteiger partial charge in [-0.25, -0.2) is 4.98 Å². The molecule has 1 N–H and O–H groups in total. The van der Waals surface area contributed by atoms with Crippen LogP contribution in [0.1, 0.15) is 6.42 Å². The van der Waals surface area contributed by atoms with Crippen molar-refractivity contribution < 1.29 is 9.90 Å². The molecule has 15 heavy (non-hydrogen) atoms. The van der Waals surface area contributed by atoms with Crippen molar-refractivity contribution in [3.05, 3.63) is 24.4 Å². The number of aromatic nitrogens is 1. The Labute approximate surface area is 96.7 Å². The van der Waals surface area contributed by atoms with E-state index in [4.69, 9.17) is 0 Å². The molecule has 1 unspecified atom stereocenters. The molecule has 0 saturated carbocycles. The van der Waals surface area contributed by atoms with Gasteiger partial charge in [0.15, 0.2) is 0 Å². The fraction of sp³-hybridized carbons (Fsp3) is 0.400. The van der Waals surface area contributed by atoms with Crippen LogP contribution in [-0.2, 0) is 4.79 Å². The van der Waals surface area contributed by atoms with Crippen molar-refractivity contribution in [3.63, 3.8) is 0 Å². The molecule has 0 aromatic carbocycles. The number of aliphatic carboxylic acids is 1. The SMILES string of the molecule is O=C(O)C1(Sc2ccccn2)CCSC1. The molecule has 2 rings (SSSR count). The minimum Gasteiger partial charge on any atom is -0.480 e. The minimum atomic E-state index is -0.719. The van der Waals surface area contributed by atoms with E-state index in [0.717, 1.165) is 10.8 Å². The van der Waals surface area contributed by atoms with Gasteiger partial charge >= 0.3 is 5.97 Å². The third-order valence-electron chi connectivity index (χ3n) is 2.31. The van der Waals surface area contributed by atoms with Gasteiger partial charge in [-0.15, -0.1) is 0 Å². The van der Waals surface area contributed by atoms with Crippen LogP contribution in [0.5, 0.6) is 0 Å². The number of hydrogen-bond acceptors (Lipinski definition) is 4. The highest BCUT2D eigenvalue weighted by Gasteiger charge is 2.43. The Kier molecular flexibility index (Phi) is 3.21. The minimum absolute atomic E-state index is 0.668. The summed E-state index contributed by atoms with van der Waals surface area (Å²) < 4.78 is -0.668. The molecule has 2 heterocycles.